The number of amides is 2. The van der Waals surface area contributed by atoms with Crippen LogP contribution in [0.3, 0.4) is 0 Å². The van der Waals surface area contributed by atoms with Gasteiger partial charge in [0.05, 0.1) is 17.2 Å². The molecular weight excluding hydrogens is 697 g/mol. The van der Waals surface area contributed by atoms with Crippen LogP contribution >= 0.6 is 50.8 Å². The summed E-state index contributed by atoms with van der Waals surface area (Å²) < 4.78 is 30.5. The molecule has 0 aliphatic carbocycles. The van der Waals surface area contributed by atoms with Crippen LogP contribution in [0, 0.1) is 0 Å². The van der Waals surface area contributed by atoms with Gasteiger partial charge in [0, 0.05) is 28.8 Å². The molecule has 1 saturated heterocycles. The van der Waals surface area contributed by atoms with Gasteiger partial charge in [-0.05, 0) is 67.1 Å². The van der Waals surface area contributed by atoms with Crippen molar-refractivity contribution >= 4 is 77.8 Å². The molecule has 0 radical (unpaired) electrons. The highest BCUT2D eigenvalue weighted by molar-refractivity contribution is 9.10. The Morgan fingerprint density at radius 2 is 1.70 bits per heavy atom. The summed E-state index contributed by atoms with van der Waals surface area (Å²) in [6.45, 7) is 3.09. The van der Waals surface area contributed by atoms with Gasteiger partial charge in [-0.1, -0.05) is 57.7 Å². The normalized spacial score (nSPS) is 13.7. The van der Waals surface area contributed by atoms with Gasteiger partial charge in [-0.2, -0.15) is 4.31 Å². The van der Waals surface area contributed by atoms with Crippen molar-refractivity contribution in [3.8, 4) is 5.69 Å². The van der Waals surface area contributed by atoms with Gasteiger partial charge >= 0.3 is 0 Å². The van der Waals surface area contributed by atoms with Gasteiger partial charge in [-0.25, -0.2) is 8.42 Å². The predicted octanol–water partition coefficient (Wildman–Crippen LogP) is 4.44. The summed E-state index contributed by atoms with van der Waals surface area (Å²) in [5.41, 5.74) is 1.07. The summed E-state index contributed by atoms with van der Waals surface area (Å²) in [5.74, 6) is 0.731. The van der Waals surface area contributed by atoms with E-state index in [4.69, 9.17) is 0 Å². The van der Waals surface area contributed by atoms with E-state index in [0.717, 1.165) is 33.1 Å². The number of aromatic nitrogens is 5. The maximum Gasteiger partial charge on any atom is 0.251 e. The van der Waals surface area contributed by atoms with Gasteiger partial charge < -0.3 is 5.32 Å². The fourth-order valence-electron chi connectivity index (χ4n) is 4.20. The Hall–Kier alpha value is -2.83. The number of rotatable bonds is 12. The van der Waals surface area contributed by atoms with Crippen LogP contribution in [0.1, 0.15) is 35.9 Å². The van der Waals surface area contributed by atoms with Crippen molar-refractivity contribution in [1.29, 1.82) is 0 Å². The molecule has 1 aliphatic heterocycles. The molecule has 0 saturated carbocycles. The van der Waals surface area contributed by atoms with E-state index >= 15 is 0 Å². The summed E-state index contributed by atoms with van der Waals surface area (Å²) in [7, 11) is -3.57. The Bertz CT molecular complexity index is 1690. The highest BCUT2D eigenvalue weighted by atomic mass is 79.9. The third kappa shape index (κ3) is 7.82. The first-order chi connectivity index (χ1) is 20.7. The second-order valence-corrected chi connectivity index (χ2v) is 15.5. The van der Waals surface area contributed by atoms with Crippen LogP contribution in [0.15, 0.2) is 67.4 Å². The first-order valence-corrected chi connectivity index (χ1v) is 18.2. The molecule has 43 heavy (non-hydrogen) atoms. The molecule has 2 N–H and O–H groups in total. The van der Waals surface area contributed by atoms with Crippen molar-refractivity contribution in [2.24, 2.45) is 0 Å². The van der Waals surface area contributed by atoms with E-state index in [-0.39, 0.29) is 29.0 Å². The summed E-state index contributed by atoms with van der Waals surface area (Å²) >= 11 is 7.52. The SMILES string of the molecule is CCSc1nnc(NC(=O)CSc2nnc(CNC(=O)c3ccc(S(=O)(=O)N4CCCC4)cc3)n2-c2ccc(Br)cc2)s1. The van der Waals surface area contributed by atoms with Crippen molar-refractivity contribution in [1.82, 2.24) is 34.6 Å². The fourth-order valence-corrected chi connectivity index (χ4v) is 8.42. The number of hydrogen-bond donors (Lipinski definition) is 2. The Morgan fingerprint density at radius 3 is 2.40 bits per heavy atom. The number of halogens is 1. The number of thioether (sulfide) groups is 2. The van der Waals surface area contributed by atoms with Crippen LogP contribution in [0.2, 0.25) is 0 Å². The average molecular weight is 724 g/mol. The lowest BCUT2D eigenvalue weighted by Gasteiger charge is -2.15. The zero-order valence-electron chi connectivity index (χ0n) is 22.9. The molecule has 4 aromatic rings. The quantitative estimate of drug-likeness (QED) is 0.159. The van der Waals surface area contributed by atoms with Crippen LogP contribution in [0.25, 0.3) is 5.69 Å². The molecule has 2 aromatic carbocycles. The average Bonchev–Trinajstić information content (AvgIpc) is 3.78. The topological polar surface area (TPSA) is 152 Å². The van der Waals surface area contributed by atoms with Gasteiger partial charge in [0.15, 0.2) is 15.3 Å². The zero-order valence-corrected chi connectivity index (χ0v) is 27.7. The lowest BCUT2D eigenvalue weighted by molar-refractivity contribution is -0.113. The lowest BCUT2D eigenvalue weighted by atomic mass is 10.2. The van der Waals surface area contributed by atoms with Gasteiger partial charge in [0.1, 0.15) is 0 Å². The van der Waals surface area contributed by atoms with Crippen LogP contribution in [0.5, 0.6) is 0 Å². The highest BCUT2D eigenvalue weighted by Gasteiger charge is 2.27. The van der Waals surface area contributed by atoms with Crippen LogP contribution < -0.4 is 10.6 Å². The monoisotopic (exact) mass is 722 g/mol. The lowest BCUT2D eigenvalue weighted by Crippen LogP contribution is -2.28. The maximum absolute atomic E-state index is 13.0. The second kappa shape index (κ2) is 14.3. The predicted molar refractivity (Wildman–Crippen MR) is 170 cm³/mol. The number of hydrogen-bond acceptors (Lipinski definition) is 11. The fraction of sp³-hybridized carbons (Fsp3) is 0.308. The van der Waals surface area contributed by atoms with Crippen molar-refractivity contribution in [3.05, 3.63) is 64.4 Å². The number of carbonyl (C=O) groups excluding carboxylic acids is 2. The number of sulfonamides is 1. The minimum atomic E-state index is -3.57. The Labute approximate surface area is 269 Å². The Balaban J connectivity index is 1.26. The molecule has 2 aromatic heterocycles. The van der Waals surface area contributed by atoms with Crippen LogP contribution in [-0.2, 0) is 21.4 Å². The number of nitrogens with one attached hydrogen (secondary N) is 2. The molecule has 12 nitrogen and oxygen atoms in total. The Morgan fingerprint density at radius 1 is 0.977 bits per heavy atom. The minimum Gasteiger partial charge on any atom is -0.345 e. The molecule has 3 heterocycles. The van der Waals surface area contributed by atoms with E-state index in [2.05, 4.69) is 47.0 Å². The Kier molecular flexibility index (Phi) is 10.5. The third-order valence-electron chi connectivity index (χ3n) is 6.26. The van der Waals surface area contributed by atoms with Crippen molar-refractivity contribution < 1.29 is 18.0 Å². The second-order valence-electron chi connectivity index (χ2n) is 9.17. The molecule has 5 rings (SSSR count). The third-order valence-corrected chi connectivity index (χ3v) is 11.5. The van der Waals surface area contributed by atoms with Crippen LogP contribution in [0.4, 0.5) is 5.13 Å². The van der Waals surface area contributed by atoms with Gasteiger partial charge in [-0.3, -0.25) is 19.5 Å². The molecule has 2 amide bonds. The molecule has 0 atom stereocenters. The highest BCUT2D eigenvalue weighted by Crippen LogP contribution is 2.27. The molecule has 17 heteroatoms. The molecular formula is C26H27BrN8O4S4. The number of benzene rings is 2. The first kappa shape index (κ1) is 31.6. The number of anilines is 1. The standard InChI is InChI=1S/C26H27BrN8O4S4/c1-2-40-26-33-31-24(42-26)29-22(36)16-41-25-32-30-21(35(25)19-9-7-18(27)8-10-19)15-28-23(37)17-5-11-20(12-6-17)43(38,39)34-13-3-4-14-34/h5-12H,2-4,13-16H2,1H3,(H,28,37)(H,29,31,36). The summed E-state index contributed by atoms with van der Waals surface area (Å²) in [6, 6.07) is 13.4. The summed E-state index contributed by atoms with van der Waals surface area (Å²) in [5, 5.41) is 23.1. The smallest absolute Gasteiger partial charge is 0.251 e. The van der Waals surface area contributed by atoms with Crippen molar-refractivity contribution in [2.45, 2.75) is 40.7 Å². The van der Waals surface area contributed by atoms with Gasteiger partial charge in [-0.15, -0.1) is 20.4 Å². The summed E-state index contributed by atoms with van der Waals surface area (Å²) in [6.07, 6.45) is 1.70. The van der Waals surface area contributed by atoms with Gasteiger partial charge in [0.2, 0.25) is 21.1 Å². The zero-order chi connectivity index (χ0) is 30.4. The molecule has 0 spiro atoms. The molecule has 0 unspecified atom stereocenters. The van der Waals surface area contributed by atoms with E-state index in [1.807, 2.05) is 31.2 Å². The van der Waals surface area contributed by atoms with Crippen molar-refractivity contribution in [3.63, 3.8) is 0 Å². The molecule has 0 bridgehead atoms. The van der Waals surface area contributed by atoms with Crippen molar-refractivity contribution in [2.75, 3.05) is 29.9 Å². The molecule has 226 valence electrons. The molecule has 1 fully saturated rings. The maximum atomic E-state index is 13.0. The largest absolute Gasteiger partial charge is 0.345 e. The molecule has 1 aliphatic rings. The van der Waals surface area contributed by atoms with E-state index in [0.29, 0.717) is 34.8 Å². The van der Waals surface area contributed by atoms with Crippen LogP contribution in [-0.4, -0.2) is 74.1 Å². The van der Waals surface area contributed by atoms with E-state index < -0.39 is 10.0 Å². The summed E-state index contributed by atoms with van der Waals surface area (Å²) in [4.78, 5) is 25.8. The van der Waals surface area contributed by atoms with E-state index in [1.165, 1.54) is 51.7 Å². The van der Waals surface area contributed by atoms with E-state index in [9.17, 15) is 18.0 Å². The number of nitrogens with zero attached hydrogens (tertiary/aromatic N) is 6. The van der Waals surface area contributed by atoms with Gasteiger partial charge in [0.25, 0.3) is 5.91 Å². The number of carbonyl (C=O) groups is 2. The first-order valence-electron chi connectivity index (χ1n) is 13.2. The van der Waals surface area contributed by atoms with E-state index in [1.54, 1.807) is 16.3 Å². The minimum absolute atomic E-state index is 0.0468.